The van der Waals surface area contributed by atoms with E-state index in [4.69, 9.17) is 36.9 Å². The Kier molecular flexibility index (Phi) is 9.18. The van der Waals surface area contributed by atoms with E-state index in [2.05, 4.69) is 9.97 Å². The highest BCUT2D eigenvalue weighted by Gasteiger charge is 2.29. The molecule has 14 heteroatoms. The van der Waals surface area contributed by atoms with E-state index >= 15 is 0 Å². The highest BCUT2D eigenvalue weighted by Crippen LogP contribution is 2.27. The quantitative estimate of drug-likeness (QED) is 0.164. The van der Waals surface area contributed by atoms with Crippen molar-refractivity contribution in [2.24, 2.45) is 0 Å². The molecule has 0 radical (unpaired) electrons. The Morgan fingerprint density at radius 1 is 0.571 bits per heavy atom. The number of aromatic nitrogens is 4. The molecule has 14 nitrogen and oxygen atoms in total. The van der Waals surface area contributed by atoms with Gasteiger partial charge >= 0.3 is 11.9 Å². The Morgan fingerprint density at radius 2 is 0.893 bits per heavy atom. The summed E-state index contributed by atoms with van der Waals surface area (Å²) in [6.45, 7) is -4.66. The first-order valence-electron chi connectivity index (χ1n) is 22.8. The number of amides is 2. The van der Waals surface area contributed by atoms with E-state index in [-0.39, 0.29) is 9.80 Å². The second-order valence-electron chi connectivity index (χ2n) is 12.8. The maximum Gasteiger partial charge on any atom is 0.335 e. The molecule has 0 aliphatic heterocycles. The molecule has 2 amide bonds. The van der Waals surface area contributed by atoms with Crippen molar-refractivity contribution in [2.75, 3.05) is 27.9 Å². The van der Waals surface area contributed by atoms with Gasteiger partial charge in [-0.05, 0) is 51.0 Å². The van der Waals surface area contributed by atoms with Crippen LogP contribution in [0.5, 0.6) is 0 Å². The summed E-state index contributed by atoms with van der Waals surface area (Å²) < 4.78 is 93.4. The lowest BCUT2D eigenvalue weighted by Crippen LogP contribution is -2.39. The summed E-state index contributed by atoms with van der Waals surface area (Å²) >= 11 is 0. The minimum atomic E-state index is -3.08. The zero-order valence-electron chi connectivity index (χ0n) is 42.8. The van der Waals surface area contributed by atoms with Gasteiger partial charge in [-0.2, -0.15) is 0 Å². The largest absolute Gasteiger partial charge is 0.479 e. The van der Waals surface area contributed by atoms with E-state index in [0.717, 1.165) is 33.4 Å². The van der Waals surface area contributed by atoms with Gasteiger partial charge in [0.25, 0.3) is 0 Å². The predicted octanol–water partition coefficient (Wildman–Crippen LogP) is 4.38. The van der Waals surface area contributed by atoms with Gasteiger partial charge in [0.15, 0.2) is 12.2 Å². The lowest BCUT2D eigenvalue weighted by Gasteiger charge is -2.11. The molecule has 0 saturated heterocycles. The van der Waals surface area contributed by atoms with Crippen molar-refractivity contribution in [1.82, 2.24) is 28.6 Å². The van der Waals surface area contributed by atoms with Gasteiger partial charge < -0.3 is 39.0 Å². The summed E-state index contributed by atoms with van der Waals surface area (Å²) in [5, 5.41) is 32.5. The van der Waals surface area contributed by atoms with Crippen LogP contribution in [0.4, 0.5) is 0 Å². The molecular weight excluding hydrogens is 716 g/mol. The molecule has 294 valence electrons. The van der Waals surface area contributed by atoms with Gasteiger partial charge in [0.05, 0.1) is 35.6 Å². The Balaban J connectivity index is 0.000000248. The van der Waals surface area contributed by atoms with Crippen LogP contribution in [0.3, 0.4) is 0 Å². The number of aliphatic hydroxyl groups excluding tert-OH is 2. The third kappa shape index (κ3) is 10.4. The molecule has 0 saturated carbocycles. The molecule has 4 heterocycles. The van der Waals surface area contributed by atoms with Crippen LogP contribution in [0.15, 0.2) is 85.2 Å². The predicted molar refractivity (Wildman–Crippen MR) is 212 cm³/mol. The minimum Gasteiger partial charge on any atom is -0.479 e. The van der Waals surface area contributed by atoms with Crippen molar-refractivity contribution < 1.29 is 56.1 Å². The topological polar surface area (TPSA) is 190 Å². The van der Waals surface area contributed by atoms with Crippen molar-refractivity contribution in [1.29, 1.82) is 0 Å². The third-order valence-corrected chi connectivity index (χ3v) is 8.32. The van der Waals surface area contributed by atoms with Gasteiger partial charge in [0, 0.05) is 67.9 Å². The highest BCUT2D eigenvalue weighted by atomic mass is 16.4. The van der Waals surface area contributed by atoms with E-state index in [0.29, 0.717) is 34.1 Å². The molecular formula is C42H48N6O8. The summed E-state index contributed by atoms with van der Waals surface area (Å²) in [5.74, 6) is -5.56. The van der Waals surface area contributed by atoms with Crippen molar-refractivity contribution in [2.45, 2.75) is 52.7 Å². The molecule has 0 fully saturated rings. The number of nitrogens with zero attached hydrogens (tertiary/aromatic N) is 6. The summed E-state index contributed by atoms with van der Waals surface area (Å²) in [5.41, 5.74) is 8.55. The van der Waals surface area contributed by atoms with Crippen LogP contribution in [0.1, 0.15) is 50.1 Å². The Morgan fingerprint density at radius 3 is 1.20 bits per heavy atom. The fraction of sp³-hybridized carbons (Fsp3) is 0.286. The Labute approximate surface area is 341 Å². The zero-order valence-corrected chi connectivity index (χ0v) is 30.8. The monoisotopic (exact) mass is 776 g/mol. The number of carbonyl (C=O) groups excluding carboxylic acids is 2. The average molecular weight is 777 g/mol. The van der Waals surface area contributed by atoms with Crippen LogP contribution in [-0.4, -0.2) is 113 Å². The average Bonchev–Trinajstić information content (AvgIpc) is 3.72. The first kappa shape index (κ1) is 28.1. The van der Waals surface area contributed by atoms with Gasteiger partial charge in [-0.3, -0.25) is 9.59 Å². The lowest BCUT2D eigenvalue weighted by molar-refractivity contribution is -0.165. The van der Waals surface area contributed by atoms with Crippen molar-refractivity contribution in [3.05, 3.63) is 119 Å². The number of aliphatic hydroxyl groups is 2. The number of benzene rings is 2. The molecule has 0 aliphatic rings. The fourth-order valence-corrected chi connectivity index (χ4v) is 5.34. The maximum atomic E-state index is 12.8. The summed E-state index contributed by atoms with van der Waals surface area (Å²) in [6, 6.07) is 22.5. The van der Waals surface area contributed by atoms with Gasteiger partial charge in [-0.1, -0.05) is 71.8 Å². The number of fused-ring (bicyclic) bond motifs is 2. The Bertz CT molecular complexity index is 2570. The van der Waals surface area contributed by atoms with Crippen molar-refractivity contribution in [3.63, 3.8) is 0 Å². The van der Waals surface area contributed by atoms with Gasteiger partial charge in [0.2, 0.25) is 11.8 Å². The van der Waals surface area contributed by atoms with Gasteiger partial charge in [0.1, 0.15) is 11.3 Å². The number of aliphatic carboxylic acids is 2. The number of aryl methyl sites for hydroxylation is 4. The number of carboxylic acids is 2. The maximum absolute atomic E-state index is 12.8. The molecule has 0 unspecified atom stereocenters. The molecule has 56 heavy (non-hydrogen) atoms. The highest BCUT2D eigenvalue weighted by molar-refractivity contribution is 5.83. The smallest absolute Gasteiger partial charge is 0.335 e. The van der Waals surface area contributed by atoms with Crippen LogP contribution in [0, 0.1) is 27.7 Å². The first-order chi connectivity index (χ1) is 31.2. The van der Waals surface area contributed by atoms with Crippen LogP contribution >= 0.6 is 0 Å². The van der Waals surface area contributed by atoms with E-state index in [9.17, 15) is 19.2 Å². The fourth-order valence-electron chi connectivity index (χ4n) is 5.34. The molecule has 6 rings (SSSR count). The second kappa shape index (κ2) is 18.3. The summed E-state index contributed by atoms with van der Waals surface area (Å²) in [6.07, 6.45) is -1.78. The Hall–Kier alpha value is -6.38. The normalized spacial score (nSPS) is 15.9. The van der Waals surface area contributed by atoms with E-state index in [1.807, 2.05) is 88.4 Å². The number of imidazole rings is 2. The standard InChI is InChI=1S/2C19H21N3O.C4H6O6/c2*1-13-5-8-15(9-6-13)19-16(11-18(23)21(3)4)22-12-14(2)7-10-17(22)20-19;5-1(3(7)8)2(6)4(9)10/h2*5-10,12H,11H2,1-4H3;1-2,5-6H,(H,7,8)(H,9,10)/t;;1-,2-/m..1/s1/i2*3D3,4D3;. The zero-order chi connectivity index (χ0) is 51.4. The summed E-state index contributed by atoms with van der Waals surface area (Å²) in [7, 11) is 0. The van der Waals surface area contributed by atoms with Gasteiger partial charge in [-0.25, -0.2) is 19.6 Å². The SMILES string of the molecule is O=C(O)[C@H](O)[C@@H](O)C(=O)O.[2H]C([2H])([2H])N(C(=O)Cc1c(-c2ccc(C)cc2)nc2ccc(C)cn12)C([2H])([2H])[2H].[2H]C([2H])([2H])N(C(=O)Cc1c(-c2ccc(C)cc2)nc2ccc(C)cn12)C([2H])([2H])[2H]. The number of hydrogen-bond acceptors (Lipinski definition) is 8. The van der Waals surface area contributed by atoms with Crippen LogP contribution in [0.2, 0.25) is 0 Å². The number of pyridine rings is 2. The molecule has 0 aliphatic carbocycles. The number of carbonyl (C=O) groups is 4. The number of likely N-dealkylation sites (N-methyl/N-ethyl adjacent to an activating group) is 2. The van der Waals surface area contributed by atoms with E-state index < -0.39 is 76.7 Å². The molecule has 4 aromatic heterocycles. The van der Waals surface area contributed by atoms with Crippen molar-refractivity contribution in [3.8, 4) is 22.5 Å². The number of hydrogen-bond donors (Lipinski definition) is 4. The molecule has 4 N–H and O–H groups in total. The number of rotatable bonds is 9. The molecule has 0 spiro atoms. The number of carboxylic acid groups (broad SMARTS) is 2. The van der Waals surface area contributed by atoms with Crippen LogP contribution < -0.4 is 0 Å². The van der Waals surface area contributed by atoms with Crippen LogP contribution in [-0.2, 0) is 32.0 Å². The minimum absolute atomic E-state index is 0.00584. The molecule has 2 aromatic carbocycles. The summed E-state index contributed by atoms with van der Waals surface area (Å²) in [4.78, 5) is 54.4. The lowest BCUT2D eigenvalue weighted by atomic mass is 10.1. The second-order valence-corrected chi connectivity index (χ2v) is 12.8. The van der Waals surface area contributed by atoms with Crippen molar-refractivity contribution >= 4 is 35.0 Å². The van der Waals surface area contributed by atoms with Gasteiger partial charge in [-0.15, -0.1) is 0 Å². The van der Waals surface area contributed by atoms with Crippen LogP contribution in [0.25, 0.3) is 33.8 Å². The molecule has 6 aromatic rings. The third-order valence-electron chi connectivity index (χ3n) is 8.32. The van der Waals surface area contributed by atoms with E-state index in [1.165, 1.54) is 0 Å². The molecule has 2 atom stereocenters. The first-order valence-corrected chi connectivity index (χ1v) is 16.8. The molecule has 0 bridgehead atoms. The van der Waals surface area contributed by atoms with E-state index in [1.54, 1.807) is 33.3 Å².